The monoisotopic (exact) mass is 382 g/mol. The number of likely N-dealkylation sites (N-methyl/N-ethyl adjacent to an activating group) is 1. The number of rotatable bonds is 4. The molecule has 28 heavy (non-hydrogen) atoms. The molecule has 0 saturated carbocycles. The first-order chi connectivity index (χ1) is 13.6. The maximum atomic E-state index is 5.53. The fraction of sp³-hybridized carbons (Fsp3) is 0.524. The molecule has 0 aliphatic carbocycles. The van der Waals surface area contributed by atoms with Gasteiger partial charge in [0.15, 0.2) is 0 Å². The van der Waals surface area contributed by atoms with Crippen molar-refractivity contribution < 1.29 is 4.74 Å². The second-order valence-electron chi connectivity index (χ2n) is 7.60. The number of methoxy groups -OCH3 is 1. The number of hydrogen-bond donors (Lipinski definition) is 0. The summed E-state index contributed by atoms with van der Waals surface area (Å²) in [5.41, 5.74) is 2.19. The van der Waals surface area contributed by atoms with Crippen LogP contribution in [0.5, 0.6) is 5.75 Å². The van der Waals surface area contributed by atoms with Crippen LogP contribution in [-0.4, -0.2) is 81.4 Å². The van der Waals surface area contributed by atoms with Gasteiger partial charge in [0.05, 0.1) is 12.8 Å². The Labute approximate surface area is 167 Å². The molecule has 2 aliphatic rings. The zero-order valence-electron chi connectivity index (χ0n) is 17.1. The molecule has 0 amide bonds. The summed E-state index contributed by atoms with van der Waals surface area (Å²) in [5, 5.41) is 0. The SMILES string of the molecule is COc1ccccc1N1CCN(c2nc(C)cc(N3CCN(C)CC3)n2)CC1. The van der Waals surface area contributed by atoms with E-state index in [-0.39, 0.29) is 0 Å². The van der Waals surface area contributed by atoms with Gasteiger partial charge in [-0.25, -0.2) is 4.98 Å². The normalized spacial score (nSPS) is 18.5. The number of aromatic nitrogens is 2. The zero-order chi connectivity index (χ0) is 19.5. The van der Waals surface area contributed by atoms with Crippen molar-refractivity contribution >= 4 is 17.5 Å². The van der Waals surface area contributed by atoms with E-state index < -0.39 is 0 Å². The molecular weight excluding hydrogens is 352 g/mol. The van der Waals surface area contributed by atoms with Crippen molar-refractivity contribution in [3.8, 4) is 5.75 Å². The minimum absolute atomic E-state index is 0.855. The fourth-order valence-corrected chi connectivity index (χ4v) is 3.91. The minimum Gasteiger partial charge on any atom is -0.495 e. The van der Waals surface area contributed by atoms with E-state index in [2.05, 4.69) is 51.8 Å². The predicted octanol–water partition coefficient (Wildman–Crippen LogP) is 1.87. The Balaban J connectivity index is 1.46. The smallest absolute Gasteiger partial charge is 0.227 e. The highest BCUT2D eigenvalue weighted by Gasteiger charge is 2.23. The lowest BCUT2D eigenvalue weighted by Gasteiger charge is -2.37. The van der Waals surface area contributed by atoms with Crippen molar-refractivity contribution in [3.05, 3.63) is 36.0 Å². The van der Waals surface area contributed by atoms with Crippen molar-refractivity contribution in [1.82, 2.24) is 14.9 Å². The fourth-order valence-electron chi connectivity index (χ4n) is 3.91. The highest BCUT2D eigenvalue weighted by Crippen LogP contribution is 2.29. The summed E-state index contributed by atoms with van der Waals surface area (Å²) in [4.78, 5) is 19.1. The molecule has 2 saturated heterocycles. The summed E-state index contributed by atoms with van der Waals surface area (Å²) in [7, 11) is 3.91. The number of piperazine rings is 2. The summed E-state index contributed by atoms with van der Waals surface area (Å²) in [5.74, 6) is 2.84. The molecular formula is C21H30N6O. The Hall–Kier alpha value is -2.54. The van der Waals surface area contributed by atoms with Crippen molar-refractivity contribution in [2.24, 2.45) is 0 Å². The summed E-state index contributed by atoms with van der Waals surface area (Å²) in [6.45, 7) is 9.94. The maximum absolute atomic E-state index is 5.53. The number of aryl methyl sites for hydroxylation is 1. The van der Waals surface area contributed by atoms with Gasteiger partial charge in [-0.05, 0) is 26.1 Å². The third kappa shape index (κ3) is 3.99. The summed E-state index contributed by atoms with van der Waals surface area (Å²) in [6, 6.07) is 10.3. The van der Waals surface area contributed by atoms with Crippen LogP contribution in [0.4, 0.5) is 17.5 Å². The second-order valence-corrected chi connectivity index (χ2v) is 7.60. The van der Waals surface area contributed by atoms with E-state index in [0.29, 0.717) is 0 Å². The van der Waals surface area contributed by atoms with Gasteiger partial charge in [0.25, 0.3) is 0 Å². The van der Waals surface area contributed by atoms with Crippen LogP contribution in [-0.2, 0) is 0 Å². The number of hydrogen-bond acceptors (Lipinski definition) is 7. The van der Waals surface area contributed by atoms with Gasteiger partial charge in [-0.1, -0.05) is 12.1 Å². The number of benzene rings is 1. The average molecular weight is 383 g/mol. The maximum Gasteiger partial charge on any atom is 0.227 e. The molecule has 0 bridgehead atoms. The van der Waals surface area contributed by atoms with Gasteiger partial charge in [-0.2, -0.15) is 4.98 Å². The van der Waals surface area contributed by atoms with Crippen molar-refractivity contribution in [3.63, 3.8) is 0 Å². The molecule has 0 unspecified atom stereocenters. The van der Waals surface area contributed by atoms with Gasteiger partial charge in [0.2, 0.25) is 5.95 Å². The predicted molar refractivity (Wildman–Crippen MR) is 114 cm³/mol. The van der Waals surface area contributed by atoms with Crippen LogP contribution < -0.4 is 19.4 Å². The van der Waals surface area contributed by atoms with Gasteiger partial charge in [-0.3, -0.25) is 0 Å². The number of ether oxygens (including phenoxy) is 1. The molecule has 0 N–H and O–H groups in total. The van der Waals surface area contributed by atoms with E-state index >= 15 is 0 Å². The molecule has 2 aliphatic heterocycles. The number of anilines is 3. The Bertz CT molecular complexity index is 797. The molecule has 1 aromatic carbocycles. The largest absolute Gasteiger partial charge is 0.495 e. The molecule has 2 aromatic rings. The lowest BCUT2D eigenvalue weighted by atomic mass is 10.2. The van der Waals surface area contributed by atoms with Crippen LogP contribution in [0.25, 0.3) is 0 Å². The molecule has 0 atom stereocenters. The van der Waals surface area contributed by atoms with E-state index in [9.17, 15) is 0 Å². The third-order valence-electron chi connectivity index (χ3n) is 5.64. The van der Waals surface area contributed by atoms with Gasteiger partial charge < -0.3 is 24.3 Å². The van der Waals surface area contributed by atoms with Crippen molar-refractivity contribution in [1.29, 1.82) is 0 Å². The Kier molecular flexibility index (Phi) is 5.52. The standard InChI is InChI=1S/C21H30N6O/c1-17-16-20(26-10-8-24(2)9-11-26)23-21(22-17)27-14-12-25(13-15-27)18-6-4-5-7-19(18)28-3/h4-7,16H,8-15H2,1-3H3. The number of para-hydroxylation sites is 2. The van der Waals surface area contributed by atoms with Crippen LogP contribution >= 0.6 is 0 Å². The van der Waals surface area contributed by atoms with Crippen molar-refractivity contribution in [2.45, 2.75) is 6.92 Å². The van der Waals surface area contributed by atoms with Gasteiger partial charge in [0.1, 0.15) is 11.6 Å². The highest BCUT2D eigenvalue weighted by molar-refractivity contribution is 5.59. The lowest BCUT2D eigenvalue weighted by molar-refractivity contribution is 0.312. The summed E-state index contributed by atoms with van der Waals surface area (Å²) in [6.07, 6.45) is 0. The summed E-state index contributed by atoms with van der Waals surface area (Å²) < 4.78 is 5.53. The molecule has 7 nitrogen and oxygen atoms in total. The molecule has 1 aromatic heterocycles. The molecule has 3 heterocycles. The first-order valence-corrected chi connectivity index (χ1v) is 10.1. The molecule has 7 heteroatoms. The molecule has 150 valence electrons. The first-order valence-electron chi connectivity index (χ1n) is 10.1. The Morgan fingerprint density at radius 1 is 0.821 bits per heavy atom. The average Bonchev–Trinajstić information content (AvgIpc) is 2.74. The van der Waals surface area contributed by atoms with E-state index in [4.69, 9.17) is 14.7 Å². The molecule has 0 radical (unpaired) electrons. The van der Waals surface area contributed by atoms with E-state index in [1.54, 1.807) is 7.11 Å². The third-order valence-corrected chi connectivity index (χ3v) is 5.64. The van der Waals surface area contributed by atoms with E-state index in [1.165, 1.54) is 0 Å². The zero-order valence-corrected chi connectivity index (χ0v) is 17.1. The first kappa shape index (κ1) is 18.8. The molecule has 2 fully saturated rings. The quantitative estimate of drug-likeness (QED) is 0.800. The van der Waals surface area contributed by atoms with Crippen LogP contribution in [0.3, 0.4) is 0 Å². The van der Waals surface area contributed by atoms with Gasteiger partial charge >= 0.3 is 0 Å². The minimum atomic E-state index is 0.855. The van der Waals surface area contributed by atoms with Gasteiger partial charge in [0, 0.05) is 64.1 Å². The molecule has 4 rings (SSSR count). The van der Waals surface area contributed by atoms with E-state index in [0.717, 1.165) is 81.3 Å². The van der Waals surface area contributed by atoms with Crippen LogP contribution in [0.15, 0.2) is 30.3 Å². The van der Waals surface area contributed by atoms with E-state index in [1.807, 2.05) is 12.1 Å². The Morgan fingerprint density at radius 3 is 2.18 bits per heavy atom. The molecule has 0 spiro atoms. The van der Waals surface area contributed by atoms with Crippen LogP contribution in [0.2, 0.25) is 0 Å². The topological polar surface area (TPSA) is 48.0 Å². The Morgan fingerprint density at radius 2 is 1.46 bits per heavy atom. The van der Waals surface area contributed by atoms with Crippen LogP contribution in [0.1, 0.15) is 5.69 Å². The highest BCUT2D eigenvalue weighted by atomic mass is 16.5. The second kappa shape index (κ2) is 8.22. The summed E-state index contributed by atoms with van der Waals surface area (Å²) >= 11 is 0. The van der Waals surface area contributed by atoms with Crippen LogP contribution in [0, 0.1) is 6.92 Å². The number of nitrogens with zero attached hydrogens (tertiary/aromatic N) is 6. The lowest BCUT2D eigenvalue weighted by Crippen LogP contribution is -2.48. The van der Waals surface area contributed by atoms with Gasteiger partial charge in [-0.15, -0.1) is 0 Å². The van der Waals surface area contributed by atoms with Crippen molar-refractivity contribution in [2.75, 3.05) is 81.2 Å².